The number of pyridine rings is 1. The van der Waals surface area contributed by atoms with Crippen LogP contribution in [0.5, 0.6) is 0 Å². The van der Waals surface area contributed by atoms with E-state index in [1.807, 2.05) is 30.3 Å². The molecule has 0 radical (unpaired) electrons. The van der Waals surface area contributed by atoms with Crippen molar-refractivity contribution >= 4 is 33.2 Å². The minimum Gasteiger partial charge on any atom is -0.381 e. The molecule has 0 spiro atoms. The summed E-state index contributed by atoms with van der Waals surface area (Å²) in [5.41, 5.74) is 4.38. The molecule has 0 atom stereocenters. The first-order chi connectivity index (χ1) is 12.1. The topological polar surface area (TPSA) is 54.0 Å². The van der Waals surface area contributed by atoms with Crippen molar-refractivity contribution in [2.75, 3.05) is 10.6 Å². The van der Waals surface area contributed by atoms with Gasteiger partial charge in [-0.25, -0.2) is 0 Å². The van der Waals surface area contributed by atoms with Crippen molar-refractivity contribution in [1.82, 2.24) is 4.98 Å². The number of carbonyl (C=O) groups excluding carboxylic acids is 1. The summed E-state index contributed by atoms with van der Waals surface area (Å²) in [7, 11) is 0. The Kier molecular flexibility index (Phi) is 5.46. The molecule has 3 aromatic rings. The molecule has 0 unspecified atom stereocenters. The Morgan fingerprint density at radius 1 is 1.00 bits per heavy atom. The predicted molar refractivity (Wildman–Crippen MR) is 105 cm³/mol. The molecule has 1 aromatic heterocycles. The fourth-order valence-corrected chi connectivity index (χ4v) is 2.57. The van der Waals surface area contributed by atoms with Crippen LogP contribution in [0.1, 0.15) is 21.6 Å². The van der Waals surface area contributed by atoms with E-state index in [0.29, 0.717) is 12.2 Å². The van der Waals surface area contributed by atoms with Crippen LogP contribution in [-0.4, -0.2) is 10.9 Å². The second-order valence-corrected chi connectivity index (χ2v) is 6.65. The van der Waals surface area contributed by atoms with Crippen LogP contribution in [0, 0.1) is 6.92 Å². The van der Waals surface area contributed by atoms with Gasteiger partial charge in [0.25, 0.3) is 5.91 Å². The van der Waals surface area contributed by atoms with E-state index >= 15 is 0 Å². The zero-order chi connectivity index (χ0) is 17.6. The highest BCUT2D eigenvalue weighted by atomic mass is 79.9. The van der Waals surface area contributed by atoms with Crippen molar-refractivity contribution in [2.24, 2.45) is 0 Å². The molecule has 126 valence electrons. The Morgan fingerprint density at radius 2 is 1.72 bits per heavy atom. The molecule has 0 bridgehead atoms. The molecular weight excluding hydrogens is 378 g/mol. The largest absolute Gasteiger partial charge is 0.381 e. The van der Waals surface area contributed by atoms with Crippen LogP contribution in [0.2, 0.25) is 0 Å². The summed E-state index contributed by atoms with van der Waals surface area (Å²) in [6, 6.07) is 19.4. The van der Waals surface area contributed by atoms with Crippen molar-refractivity contribution in [3.05, 3.63) is 88.2 Å². The van der Waals surface area contributed by atoms with Crippen molar-refractivity contribution in [3.8, 4) is 0 Å². The molecule has 25 heavy (non-hydrogen) atoms. The Bertz CT molecular complexity index is 861. The lowest BCUT2D eigenvalue weighted by molar-refractivity contribution is 0.102. The van der Waals surface area contributed by atoms with Crippen LogP contribution in [0.3, 0.4) is 0 Å². The van der Waals surface area contributed by atoms with E-state index in [0.717, 1.165) is 15.8 Å². The highest BCUT2D eigenvalue weighted by Crippen LogP contribution is 2.16. The third-order valence-corrected chi connectivity index (χ3v) is 4.24. The van der Waals surface area contributed by atoms with E-state index in [1.165, 1.54) is 11.1 Å². The Hall–Kier alpha value is -2.66. The summed E-state index contributed by atoms with van der Waals surface area (Å²) in [5.74, 6) is -0.235. The maximum Gasteiger partial charge on any atom is 0.274 e. The third kappa shape index (κ3) is 4.90. The second-order valence-electron chi connectivity index (χ2n) is 5.73. The highest BCUT2D eigenvalue weighted by Gasteiger charge is 2.08. The molecule has 0 saturated heterocycles. The molecule has 0 aliphatic carbocycles. The molecule has 4 nitrogen and oxygen atoms in total. The maximum atomic E-state index is 12.3. The average molecular weight is 396 g/mol. The molecule has 0 saturated carbocycles. The van der Waals surface area contributed by atoms with Crippen molar-refractivity contribution < 1.29 is 4.79 Å². The number of rotatable bonds is 5. The fraction of sp³-hybridized carbons (Fsp3) is 0.100. The lowest BCUT2D eigenvalue weighted by atomic mass is 10.1. The van der Waals surface area contributed by atoms with Gasteiger partial charge in [0.2, 0.25) is 0 Å². The third-order valence-electron chi connectivity index (χ3n) is 3.71. The number of aromatic nitrogens is 1. The molecule has 1 heterocycles. The van der Waals surface area contributed by atoms with Gasteiger partial charge in [0, 0.05) is 28.6 Å². The molecule has 3 rings (SSSR count). The minimum absolute atomic E-state index is 0.235. The first-order valence-electron chi connectivity index (χ1n) is 7.92. The lowest BCUT2D eigenvalue weighted by Crippen LogP contribution is -2.14. The van der Waals surface area contributed by atoms with Gasteiger partial charge in [0.05, 0.1) is 0 Å². The zero-order valence-corrected chi connectivity index (χ0v) is 15.4. The van der Waals surface area contributed by atoms with Crippen molar-refractivity contribution in [2.45, 2.75) is 13.5 Å². The number of aryl methyl sites for hydroxylation is 1. The van der Waals surface area contributed by atoms with Crippen molar-refractivity contribution in [3.63, 3.8) is 0 Å². The Balaban J connectivity index is 1.64. The van der Waals surface area contributed by atoms with Gasteiger partial charge in [-0.3, -0.25) is 9.78 Å². The monoisotopic (exact) mass is 395 g/mol. The molecule has 5 heteroatoms. The lowest BCUT2D eigenvalue weighted by Gasteiger charge is -2.09. The van der Waals surface area contributed by atoms with Gasteiger partial charge in [-0.15, -0.1) is 0 Å². The van der Waals surface area contributed by atoms with Crippen LogP contribution in [-0.2, 0) is 6.54 Å². The number of benzene rings is 2. The van der Waals surface area contributed by atoms with Gasteiger partial charge in [-0.05, 0) is 48.9 Å². The SMILES string of the molecule is Cc1ccc(CNc2ccnc(C(=O)Nc3ccc(Br)cc3)c2)cc1. The summed E-state index contributed by atoms with van der Waals surface area (Å²) >= 11 is 3.37. The second kappa shape index (κ2) is 7.94. The van der Waals surface area contributed by atoms with Gasteiger partial charge in [-0.2, -0.15) is 0 Å². The number of hydrogen-bond donors (Lipinski definition) is 2. The summed E-state index contributed by atoms with van der Waals surface area (Å²) in [5, 5.41) is 6.16. The van der Waals surface area contributed by atoms with Crippen LogP contribution in [0.4, 0.5) is 11.4 Å². The van der Waals surface area contributed by atoms with Crippen LogP contribution in [0.15, 0.2) is 71.3 Å². The number of hydrogen-bond acceptors (Lipinski definition) is 3. The molecule has 0 aliphatic rings. The highest BCUT2D eigenvalue weighted by molar-refractivity contribution is 9.10. The molecule has 2 aromatic carbocycles. The predicted octanol–water partition coefficient (Wildman–Crippen LogP) is 5.02. The van der Waals surface area contributed by atoms with Crippen LogP contribution < -0.4 is 10.6 Å². The van der Waals surface area contributed by atoms with E-state index in [9.17, 15) is 4.79 Å². The van der Waals surface area contributed by atoms with Gasteiger partial charge >= 0.3 is 0 Å². The average Bonchev–Trinajstić information content (AvgIpc) is 2.63. The Labute approximate surface area is 155 Å². The van der Waals surface area contributed by atoms with Gasteiger partial charge in [-0.1, -0.05) is 45.8 Å². The summed E-state index contributed by atoms with van der Waals surface area (Å²) in [6.45, 7) is 2.76. The van der Waals surface area contributed by atoms with Gasteiger partial charge in [0.15, 0.2) is 0 Å². The number of nitrogens with zero attached hydrogens (tertiary/aromatic N) is 1. The summed E-state index contributed by atoms with van der Waals surface area (Å²) in [4.78, 5) is 16.5. The van der Waals surface area contributed by atoms with E-state index < -0.39 is 0 Å². The molecule has 0 fully saturated rings. The van der Waals surface area contributed by atoms with Crippen molar-refractivity contribution in [1.29, 1.82) is 0 Å². The first-order valence-corrected chi connectivity index (χ1v) is 8.72. The number of amides is 1. The fourth-order valence-electron chi connectivity index (χ4n) is 2.30. The Morgan fingerprint density at radius 3 is 2.44 bits per heavy atom. The minimum atomic E-state index is -0.235. The van der Waals surface area contributed by atoms with Gasteiger partial charge in [0.1, 0.15) is 5.69 Å². The zero-order valence-electron chi connectivity index (χ0n) is 13.8. The van der Waals surface area contributed by atoms with Crippen LogP contribution in [0.25, 0.3) is 0 Å². The van der Waals surface area contributed by atoms with E-state index in [4.69, 9.17) is 0 Å². The van der Waals surface area contributed by atoms with E-state index in [2.05, 4.69) is 62.7 Å². The van der Waals surface area contributed by atoms with Gasteiger partial charge < -0.3 is 10.6 Å². The first kappa shape index (κ1) is 17.2. The number of carbonyl (C=O) groups is 1. The van der Waals surface area contributed by atoms with E-state index in [1.54, 1.807) is 12.3 Å². The molecular formula is C20H18BrN3O. The summed E-state index contributed by atoms with van der Waals surface area (Å²) < 4.78 is 0.964. The smallest absolute Gasteiger partial charge is 0.274 e. The summed E-state index contributed by atoms with van der Waals surface area (Å²) in [6.07, 6.45) is 1.63. The number of nitrogens with one attached hydrogen (secondary N) is 2. The number of anilines is 2. The van der Waals surface area contributed by atoms with E-state index in [-0.39, 0.29) is 5.91 Å². The number of halogens is 1. The molecule has 0 aliphatic heterocycles. The molecule has 1 amide bonds. The standard InChI is InChI=1S/C20H18BrN3O/c1-14-2-4-15(5-3-14)13-23-18-10-11-22-19(12-18)20(25)24-17-8-6-16(21)7-9-17/h2-12H,13H2,1H3,(H,22,23)(H,24,25). The molecule has 2 N–H and O–H groups in total. The quantitative estimate of drug-likeness (QED) is 0.637. The maximum absolute atomic E-state index is 12.3. The van der Waals surface area contributed by atoms with Crippen LogP contribution >= 0.6 is 15.9 Å². The normalized spacial score (nSPS) is 10.3.